The van der Waals surface area contributed by atoms with Crippen LogP contribution in [0.2, 0.25) is 0 Å². The van der Waals surface area contributed by atoms with Crippen LogP contribution in [0.25, 0.3) is 0 Å². The molecule has 2 aromatic carbocycles. The van der Waals surface area contributed by atoms with Gasteiger partial charge in [-0.15, -0.1) is 0 Å². The Labute approximate surface area is 160 Å². The molecule has 1 aliphatic heterocycles. The number of anilines is 2. The highest BCUT2D eigenvalue weighted by Crippen LogP contribution is 2.35. The van der Waals surface area contributed by atoms with Gasteiger partial charge >= 0.3 is 0 Å². The lowest BCUT2D eigenvalue weighted by Crippen LogP contribution is -2.49. The quantitative estimate of drug-likeness (QED) is 0.873. The molecule has 7 heteroatoms. The van der Waals surface area contributed by atoms with Crippen LogP contribution in [-0.2, 0) is 14.8 Å². The SMILES string of the molecule is CCS(=O)(=O)N1C[C@H](C(=O)Nc2c(C)cc(C)cc2C)Oc2ccccc21. The third-order valence-corrected chi connectivity index (χ3v) is 6.40. The third-order valence-electron chi connectivity index (χ3n) is 4.65. The van der Waals surface area contributed by atoms with Crippen LogP contribution < -0.4 is 14.4 Å². The molecular formula is C20H24N2O4S. The van der Waals surface area contributed by atoms with E-state index in [0.717, 1.165) is 22.4 Å². The largest absolute Gasteiger partial charge is 0.476 e. The zero-order valence-corrected chi connectivity index (χ0v) is 16.8. The van der Waals surface area contributed by atoms with E-state index in [-0.39, 0.29) is 18.2 Å². The second kappa shape index (κ2) is 7.23. The summed E-state index contributed by atoms with van der Waals surface area (Å²) in [7, 11) is -3.52. The lowest BCUT2D eigenvalue weighted by molar-refractivity contribution is -0.122. The lowest BCUT2D eigenvalue weighted by Gasteiger charge is -2.34. The average Bonchev–Trinajstić information content (AvgIpc) is 2.63. The van der Waals surface area contributed by atoms with Crippen LogP contribution in [0.1, 0.15) is 23.6 Å². The molecule has 6 nitrogen and oxygen atoms in total. The van der Waals surface area contributed by atoms with Crippen molar-refractivity contribution < 1.29 is 17.9 Å². The van der Waals surface area contributed by atoms with Gasteiger partial charge in [0.15, 0.2) is 6.10 Å². The number of hydrogen-bond acceptors (Lipinski definition) is 4. The molecule has 1 heterocycles. The van der Waals surface area contributed by atoms with E-state index in [1.807, 2.05) is 32.9 Å². The molecule has 0 fully saturated rings. The van der Waals surface area contributed by atoms with Gasteiger partial charge in [-0.25, -0.2) is 8.42 Å². The number of rotatable bonds is 4. The summed E-state index contributed by atoms with van der Waals surface area (Å²) in [6, 6.07) is 10.9. The molecule has 0 bridgehead atoms. The van der Waals surface area contributed by atoms with E-state index in [4.69, 9.17) is 4.74 Å². The first-order valence-electron chi connectivity index (χ1n) is 8.87. The monoisotopic (exact) mass is 388 g/mol. The normalized spacial score (nSPS) is 16.4. The van der Waals surface area contributed by atoms with E-state index in [1.165, 1.54) is 4.31 Å². The molecule has 0 radical (unpaired) electrons. The first kappa shape index (κ1) is 19.2. The summed E-state index contributed by atoms with van der Waals surface area (Å²) in [5, 5.41) is 2.91. The first-order chi connectivity index (χ1) is 12.7. The van der Waals surface area contributed by atoms with Crippen molar-refractivity contribution in [2.45, 2.75) is 33.8 Å². The lowest BCUT2D eigenvalue weighted by atomic mass is 10.0. The van der Waals surface area contributed by atoms with E-state index in [0.29, 0.717) is 11.4 Å². The molecule has 1 atom stereocenters. The minimum atomic E-state index is -3.52. The number of carbonyl (C=O) groups excluding carboxylic acids is 1. The summed E-state index contributed by atoms with van der Waals surface area (Å²) < 4.78 is 32.1. The molecule has 1 amide bonds. The predicted molar refractivity (Wildman–Crippen MR) is 107 cm³/mol. The summed E-state index contributed by atoms with van der Waals surface area (Å²) in [4.78, 5) is 12.9. The van der Waals surface area contributed by atoms with Crippen LogP contribution in [0.5, 0.6) is 5.75 Å². The summed E-state index contributed by atoms with van der Waals surface area (Å²) >= 11 is 0. The highest BCUT2D eigenvalue weighted by atomic mass is 32.2. The number of carbonyl (C=O) groups is 1. The van der Waals surface area contributed by atoms with Gasteiger partial charge in [-0.1, -0.05) is 29.8 Å². The smallest absolute Gasteiger partial charge is 0.267 e. The zero-order valence-electron chi connectivity index (χ0n) is 15.9. The van der Waals surface area contributed by atoms with Crippen LogP contribution in [-0.4, -0.2) is 32.7 Å². The molecule has 1 aliphatic rings. The number of sulfonamides is 1. The Hall–Kier alpha value is -2.54. The summed E-state index contributed by atoms with van der Waals surface area (Å²) in [6.45, 7) is 7.39. The summed E-state index contributed by atoms with van der Waals surface area (Å²) in [6.07, 6.45) is -0.929. The Morgan fingerprint density at radius 2 is 1.81 bits per heavy atom. The van der Waals surface area contributed by atoms with Crippen LogP contribution in [0, 0.1) is 20.8 Å². The highest BCUT2D eigenvalue weighted by Gasteiger charge is 2.36. The van der Waals surface area contributed by atoms with Crippen LogP contribution >= 0.6 is 0 Å². The molecule has 3 rings (SSSR count). The number of benzene rings is 2. The molecule has 2 aromatic rings. The Bertz CT molecular complexity index is 962. The standard InChI is InChI=1S/C20H24N2O4S/c1-5-27(24,25)22-12-18(26-17-9-7-6-8-16(17)22)20(23)21-19-14(3)10-13(2)11-15(19)4/h6-11,18H,5,12H2,1-4H3,(H,21,23)/t18-/m1/s1. The minimum absolute atomic E-state index is 0.0498. The van der Waals surface area contributed by atoms with Crippen molar-refractivity contribution in [2.75, 3.05) is 21.9 Å². The van der Waals surface area contributed by atoms with Gasteiger partial charge < -0.3 is 10.1 Å². The van der Waals surface area contributed by atoms with Gasteiger partial charge in [-0.3, -0.25) is 9.10 Å². The molecule has 0 unspecified atom stereocenters. The summed E-state index contributed by atoms with van der Waals surface area (Å²) in [5.74, 6) is -0.0274. The van der Waals surface area contributed by atoms with Gasteiger partial charge in [0, 0.05) is 5.69 Å². The minimum Gasteiger partial charge on any atom is -0.476 e. The molecular weight excluding hydrogens is 364 g/mol. The van der Waals surface area contributed by atoms with Gasteiger partial charge in [0.05, 0.1) is 18.0 Å². The van der Waals surface area contributed by atoms with Crippen molar-refractivity contribution in [1.82, 2.24) is 0 Å². The van der Waals surface area contributed by atoms with Crippen LogP contribution in [0.3, 0.4) is 0 Å². The predicted octanol–water partition coefficient (Wildman–Crippen LogP) is 3.17. The highest BCUT2D eigenvalue weighted by molar-refractivity contribution is 7.92. The van der Waals surface area contributed by atoms with Crippen molar-refractivity contribution in [1.29, 1.82) is 0 Å². The second-order valence-corrected chi connectivity index (χ2v) is 8.95. The fourth-order valence-electron chi connectivity index (χ4n) is 3.34. The number of aryl methyl sites for hydroxylation is 3. The maximum absolute atomic E-state index is 12.9. The number of fused-ring (bicyclic) bond motifs is 1. The molecule has 0 aliphatic carbocycles. The number of ether oxygens (including phenoxy) is 1. The maximum Gasteiger partial charge on any atom is 0.267 e. The average molecular weight is 388 g/mol. The molecule has 0 aromatic heterocycles. The number of nitrogens with zero attached hydrogens (tertiary/aromatic N) is 1. The number of hydrogen-bond donors (Lipinski definition) is 1. The molecule has 1 N–H and O–H groups in total. The van der Waals surface area contributed by atoms with Crippen LogP contribution in [0.15, 0.2) is 36.4 Å². The Balaban J connectivity index is 1.91. The van der Waals surface area contributed by atoms with Crippen LogP contribution in [0.4, 0.5) is 11.4 Å². The number of amides is 1. The number of para-hydroxylation sites is 2. The van der Waals surface area contributed by atoms with E-state index in [1.54, 1.807) is 31.2 Å². The molecule has 0 saturated heterocycles. The van der Waals surface area contributed by atoms with Crippen molar-refractivity contribution in [2.24, 2.45) is 0 Å². The van der Waals surface area contributed by atoms with E-state index in [2.05, 4.69) is 5.32 Å². The fraction of sp³-hybridized carbons (Fsp3) is 0.350. The maximum atomic E-state index is 12.9. The first-order valence-corrected chi connectivity index (χ1v) is 10.5. The Kier molecular flexibility index (Phi) is 5.15. The topological polar surface area (TPSA) is 75.7 Å². The van der Waals surface area contributed by atoms with Crippen molar-refractivity contribution in [3.63, 3.8) is 0 Å². The summed E-state index contributed by atoms with van der Waals surface area (Å²) in [5.41, 5.74) is 4.22. The van der Waals surface area contributed by atoms with Crippen molar-refractivity contribution in [3.8, 4) is 5.75 Å². The van der Waals surface area contributed by atoms with Crippen molar-refractivity contribution >= 4 is 27.3 Å². The van der Waals surface area contributed by atoms with Gasteiger partial charge in [-0.2, -0.15) is 0 Å². The van der Waals surface area contributed by atoms with Gasteiger partial charge in [0.2, 0.25) is 10.0 Å². The Morgan fingerprint density at radius 3 is 2.44 bits per heavy atom. The van der Waals surface area contributed by atoms with Crippen molar-refractivity contribution in [3.05, 3.63) is 53.1 Å². The van der Waals surface area contributed by atoms with Gasteiger partial charge in [0.1, 0.15) is 5.75 Å². The van der Waals surface area contributed by atoms with Gasteiger partial charge in [-0.05, 0) is 51.0 Å². The van der Waals surface area contributed by atoms with E-state index in [9.17, 15) is 13.2 Å². The second-order valence-electron chi connectivity index (χ2n) is 6.77. The molecule has 0 spiro atoms. The number of nitrogens with one attached hydrogen (secondary N) is 1. The molecule has 27 heavy (non-hydrogen) atoms. The van der Waals surface area contributed by atoms with E-state index >= 15 is 0 Å². The Morgan fingerprint density at radius 1 is 1.19 bits per heavy atom. The third kappa shape index (κ3) is 3.78. The molecule has 0 saturated carbocycles. The molecule has 144 valence electrons. The van der Waals surface area contributed by atoms with Gasteiger partial charge in [0.25, 0.3) is 5.91 Å². The fourth-order valence-corrected chi connectivity index (χ4v) is 4.46. The zero-order chi connectivity index (χ0) is 19.8. The van der Waals surface area contributed by atoms with E-state index < -0.39 is 16.1 Å².